The number of benzene rings is 3. The summed E-state index contributed by atoms with van der Waals surface area (Å²) in [5.41, 5.74) is 1.47. The predicted octanol–water partition coefficient (Wildman–Crippen LogP) is 5.00. The Morgan fingerprint density at radius 2 is 1.43 bits per heavy atom. The molecule has 4 rings (SSSR count). The third kappa shape index (κ3) is 4.91. The number of methoxy groups -OCH3 is 1. The van der Waals surface area contributed by atoms with Gasteiger partial charge in [0.15, 0.2) is 0 Å². The van der Waals surface area contributed by atoms with Crippen LogP contribution in [-0.2, 0) is 9.59 Å². The Morgan fingerprint density at radius 3 is 1.91 bits per heavy atom. The molecule has 8 nitrogen and oxygen atoms in total. The van der Waals surface area contributed by atoms with Crippen molar-refractivity contribution in [3.63, 3.8) is 0 Å². The average Bonchev–Trinajstić information content (AvgIpc) is 2.88. The summed E-state index contributed by atoms with van der Waals surface area (Å²) in [6.45, 7) is 0. The molecule has 0 spiro atoms. The summed E-state index contributed by atoms with van der Waals surface area (Å²) in [5.74, 6) is -4.53. The van der Waals surface area contributed by atoms with Crippen LogP contribution in [0.15, 0.2) is 91.0 Å². The number of hydrogen-bond acceptors (Lipinski definition) is 5. The minimum atomic E-state index is -1.10. The highest BCUT2D eigenvalue weighted by molar-refractivity contribution is 5.98. The summed E-state index contributed by atoms with van der Waals surface area (Å²) in [7, 11) is 1.39. The molecule has 35 heavy (non-hydrogen) atoms. The van der Waals surface area contributed by atoms with E-state index in [2.05, 4.69) is 5.32 Å². The zero-order valence-electron chi connectivity index (χ0n) is 18.9. The Hall–Kier alpha value is -4.46. The van der Waals surface area contributed by atoms with Gasteiger partial charge in [-0.2, -0.15) is 0 Å². The van der Waals surface area contributed by atoms with Crippen LogP contribution in [0, 0.1) is 22.0 Å². The lowest BCUT2D eigenvalue weighted by Crippen LogP contribution is -2.42. The number of nitro groups is 1. The second-order valence-electron chi connectivity index (χ2n) is 8.28. The van der Waals surface area contributed by atoms with E-state index in [1.807, 2.05) is 72.8 Å². The lowest BCUT2D eigenvalue weighted by Gasteiger charge is -2.37. The van der Waals surface area contributed by atoms with Gasteiger partial charge in [0, 0.05) is 24.0 Å². The molecule has 0 heterocycles. The van der Waals surface area contributed by atoms with Gasteiger partial charge in [-0.1, -0.05) is 72.8 Å². The smallest absolute Gasteiger partial charge is 0.308 e. The van der Waals surface area contributed by atoms with Crippen LogP contribution >= 0.6 is 0 Å². The van der Waals surface area contributed by atoms with Crippen molar-refractivity contribution in [3.05, 3.63) is 112 Å². The normalized spacial score (nSPS) is 21.2. The Morgan fingerprint density at radius 1 is 0.886 bits per heavy atom. The van der Waals surface area contributed by atoms with Crippen LogP contribution in [0.1, 0.15) is 23.0 Å². The molecule has 0 aromatic heterocycles. The van der Waals surface area contributed by atoms with Crippen LogP contribution < -0.4 is 10.1 Å². The molecular weight excluding hydrogens is 448 g/mol. The number of nitrogens with zero attached hydrogens (tertiary/aromatic N) is 1. The van der Waals surface area contributed by atoms with E-state index in [-0.39, 0.29) is 17.1 Å². The first-order valence-corrected chi connectivity index (χ1v) is 11.0. The lowest BCUT2D eigenvalue weighted by atomic mass is 9.66. The zero-order chi connectivity index (χ0) is 24.9. The lowest BCUT2D eigenvalue weighted by molar-refractivity contribution is -0.384. The molecule has 1 aliphatic carbocycles. The summed E-state index contributed by atoms with van der Waals surface area (Å²) in [4.78, 5) is 37.1. The van der Waals surface area contributed by atoms with Crippen molar-refractivity contribution in [1.82, 2.24) is 0 Å². The average molecular weight is 472 g/mol. The fraction of sp³-hybridized carbons (Fsp3) is 0.185. The van der Waals surface area contributed by atoms with Gasteiger partial charge in [0.1, 0.15) is 5.75 Å². The number of ether oxygens (including phenoxy) is 1. The highest BCUT2D eigenvalue weighted by Crippen LogP contribution is 2.45. The van der Waals surface area contributed by atoms with Gasteiger partial charge < -0.3 is 15.2 Å². The number of non-ortho nitro benzene ring substituents is 1. The van der Waals surface area contributed by atoms with E-state index in [4.69, 9.17) is 4.74 Å². The Kier molecular flexibility index (Phi) is 6.91. The predicted molar refractivity (Wildman–Crippen MR) is 130 cm³/mol. The quantitative estimate of drug-likeness (QED) is 0.284. The van der Waals surface area contributed by atoms with E-state index < -0.39 is 40.5 Å². The number of carbonyl (C=O) groups excluding carboxylic acids is 1. The fourth-order valence-corrected chi connectivity index (χ4v) is 4.67. The zero-order valence-corrected chi connectivity index (χ0v) is 18.9. The van der Waals surface area contributed by atoms with Crippen molar-refractivity contribution in [1.29, 1.82) is 0 Å². The Balaban J connectivity index is 1.79. The largest absolute Gasteiger partial charge is 0.495 e. The van der Waals surface area contributed by atoms with Crippen molar-refractivity contribution in [2.24, 2.45) is 11.8 Å². The van der Waals surface area contributed by atoms with E-state index in [1.165, 1.54) is 25.3 Å². The number of aliphatic carboxylic acids is 1. The van der Waals surface area contributed by atoms with Crippen molar-refractivity contribution in [2.45, 2.75) is 11.8 Å². The minimum absolute atomic E-state index is 0.105. The molecule has 0 saturated heterocycles. The number of nitrogens with one attached hydrogen (secondary N) is 1. The second-order valence-corrected chi connectivity index (χ2v) is 8.28. The van der Waals surface area contributed by atoms with Gasteiger partial charge in [0.2, 0.25) is 5.91 Å². The molecule has 178 valence electrons. The third-order valence-electron chi connectivity index (χ3n) is 6.30. The topological polar surface area (TPSA) is 119 Å². The molecular formula is C27H24N2O6. The van der Waals surface area contributed by atoms with Crippen LogP contribution in [0.4, 0.5) is 11.4 Å². The maximum Gasteiger partial charge on any atom is 0.308 e. The summed E-state index contributed by atoms with van der Waals surface area (Å²) >= 11 is 0. The summed E-state index contributed by atoms with van der Waals surface area (Å²) in [5, 5.41) is 24.3. The molecule has 1 amide bonds. The summed E-state index contributed by atoms with van der Waals surface area (Å²) in [6, 6.07) is 22.3. The molecule has 3 aromatic carbocycles. The number of carboxylic acid groups (broad SMARTS) is 1. The van der Waals surface area contributed by atoms with E-state index in [1.54, 1.807) is 0 Å². The number of allylic oxidation sites excluding steroid dienone is 2. The molecule has 4 atom stereocenters. The molecule has 0 fully saturated rings. The van der Waals surface area contributed by atoms with Gasteiger partial charge in [-0.05, 0) is 17.2 Å². The van der Waals surface area contributed by atoms with Gasteiger partial charge in [0.25, 0.3) is 5.69 Å². The molecule has 8 heteroatoms. The van der Waals surface area contributed by atoms with Crippen LogP contribution in [0.5, 0.6) is 5.75 Å². The molecule has 0 bridgehead atoms. The number of carbonyl (C=O) groups is 2. The third-order valence-corrected chi connectivity index (χ3v) is 6.30. The van der Waals surface area contributed by atoms with Gasteiger partial charge in [-0.3, -0.25) is 19.7 Å². The van der Waals surface area contributed by atoms with Crippen LogP contribution in [-0.4, -0.2) is 29.0 Å². The Labute approximate surface area is 202 Å². The molecule has 0 saturated carbocycles. The number of carboxylic acids is 1. The first kappa shape index (κ1) is 23.7. The van der Waals surface area contributed by atoms with Crippen molar-refractivity contribution in [3.8, 4) is 5.75 Å². The highest BCUT2D eigenvalue weighted by atomic mass is 16.6. The van der Waals surface area contributed by atoms with Crippen molar-refractivity contribution >= 4 is 23.3 Å². The van der Waals surface area contributed by atoms with Gasteiger partial charge in [0.05, 0.1) is 29.6 Å². The minimum Gasteiger partial charge on any atom is -0.495 e. The number of rotatable bonds is 7. The van der Waals surface area contributed by atoms with Gasteiger partial charge in [-0.25, -0.2) is 0 Å². The van der Waals surface area contributed by atoms with Crippen LogP contribution in [0.2, 0.25) is 0 Å². The number of nitro benzene ring substituents is 1. The first-order chi connectivity index (χ1) is 16.9. The van der Waals surface area contributed by atoms with Crippen LogP contribution in [0.3, 0.4) is 0 Å². The maximum absolute atomic E-state index is 13.8. The molecule has 0 aliphatic heterocycles. The molecule has 3 aromatic rings. The molecule has 2 N–H and O–H groups in total. The molecule has 0 unspecified atom stereocenters. The number of anilines is 1. The van der Waals surface area contributed by atoms with Crippen LogP contribution in [0.25, 0.3) is 0 Å². The van der Waals surface area contributed by atoms with E-state index in [0.29, 0.717) is 0 Å². The number of hydrogen-bond donors (Lipinski definition) is 2. The van der Waals surface area contributed by atoms with E-state index >= 15 is 0 Å². The molecule has 0 radical (unpaired) electrons. The van der Waals surface area contributed by atoms with Gasteiger partial charge >= 0.3 is 5.97 Å². The van der Waals surface area contributed by atoms with E-state index in [0.717, 1.165) is 11.1 Å². The van der Waals surface area contributed by atoms with Crippen molar-refractivity contribution in [2.75, 3.05) is 12.4 Å². The SMILES string of the molecule is COc1ccc([N+](=O)[O-])cc1NC(=O)[C@H]1[C@@H](C(=O)O)[C@H](c2ccccc2)C=C[C@@H]1c1ccccc1. The Bertz CT molecular complexity index is 1260. The summed E-state index contributed by atoms with van der Waals surface area (Å²) in [6.07, 6.45) is 3.73. The fourth-order valence-electron chi connectivity index (χ4n) is 4.67. The molecule has 1 aliphatic rings. The maximum atomic E-state index is 13.8. The summed E-state index contributed by atoms with van der Waals surface area (Å²) < 4.78 is 5.28. The standard InChI is InChI=1S/C27H24N2O6/c1-35-23-15-12-19(29(33)34)16-22(23)28-26(30)24-20(17-8-4-2-5-9-17)13-14-21(25(24)27(31)32)18-10-6-3-7-11-18/h2-16,20-21,24-25H,1H3,(H,28,30)(H,31,32)/t20-,21+,24-,25+/m1/s1. The first-order valence-electron chi connectivity index (χ1n) is 11.0. The monoisotopic (exact) mass is 472 g/mol. The van der Waals surface area contributed by atoms with Crippen molar-refractivity contribution < 1.29 is 24.4 Å². The second kappa shape index (κ2) is 10.2. The number of amides is 1. The van der Waals surface area contributed by atoms with Gasteiger partial charge in [-0.15, -0.1) is 0 Å². The van der Waals surface area contributed by atoms with E-state index in [9.17, 15) is 24.8 Å². The highest BCUT2D eigenvalue weighted by Gasteiger charge is 2.46.